The Morgan fingerprint density at radius 3 is 2.56 bits per heavy atom. The van der Waals surface area contributed by atoms with Crippen LogP contribution in [0.1, 0.15) is 25.3 Å². The van der Waals surface area contributed by atoms with Gasteiger partial charge in [-0.25, -0.2) is 14.2 Å². The molecule has 1 aliphatic rings. The maximum absolute atomic E-state index is 13.1. The number of carbonyl (C=O) groups is 2. The lowest BCUT2D eigenvalue weighted by Gasteiger charge is -2.30. The number of hydrogen-bond donors (Lipinski definition) is 3. The molecule has 4 N–H and O–H groups in total. The van der Waals surface area contributed by atoms with Crippen molar-refractivity contribution in [3.05, 3.63) is 46.3 Å². The van der Waals surface area contributed by atoms with Gasteiger partial charge in [0.25, 0.3) is 0 Å². The molecule has 0 bridgehead atoms. The Labute approximate surface area is 187 Å². The fourth-order valence-corrected chi connectivity index (χ4v) is 3.88. The number of allylic oxidation sites excluding steroid dienone is 1. The molecule has 0 radical (unpaired) electrons. The predicted molar refractivity (Wildman–Crippen MR) is 115 cm³/mol. The number of aromatic nitrogens is 2. The second-order valence-corrected chi connectivity index (χ2v) is 7.44. The van der Waals surface area contributed by atoms with Gasteiger partial charge in [-0.3, -0.25) is 5.41 Å². The number of nitrogens with two attached hydrogens (primary N) is 1. The molecule has 1 atom stereocenters. The van der Waals surface area contributed by atoms with Crippen LogP contribution in [0.4, 0.5) is 0 Å². The second kappa shape index (κ2) is 9.97. The summed E-state index contributed by atoms with van der Waals surface area (Å²) in [5.74, 6) is -2.46. The quantitative estimate of drug-likeness (QED) is 0.314. The highest BCUT2D eigenvalue weighted by Gasteiger charge is 2.41. The molecule has 1 unspecified atom stereocenters. The maximum Gasteiger partial charge on any atom is 0.337 e. The third kappa shape index (κ3) is 4.42. The fraction of sp³-hybridized carbons (Fsp3) is 0.300. The number of nitrogens with zero attached hydrogens (tertiary/aromatic N) is 3. The third-order valence-electron chi connectivity index (χ3n) is 4.55. The standard InChI is InChI=1S/C20H20N6O5S/c1-3-29-18(27)15-12(8-21)24-13(9-32-20(22)23)16(19(28)30-4-2)14(15)10-6-5-7-11-17(10)26-31-25-11/h5-7,14,24H,3-4,9H2,1-2H3,(H3,22,23). The number of nitriles is 1. The molecule has 0 saturated carbocycles. The SMILES string of the molecule is CCOC(=O)C1=C(C#N)NC(CSC(=N)N)=C(C(=O)OCC)C1c1cccc2nonc12. The van der Waals surface area contributed by atoms with Crippen LogP contribution in [0.15, 0.2) is 45.4 Å². The van der Waals surface area contributed by atoms with Crippen molar-refractivity contribution in [3.63, 3.8) is 0 Å². The van der Waals surface area contributed by atoms with Gasteiger partial charge in [0.1, 0.15) is 22.8 Å². The highest BCUT2D eigenvalue weighted by molar-refractivity contribution is 8.13. The Morgan fingerprint density at radius 2 is 1.94 bits per heavy atom. The molecular formula is C20H20N6O5S. The molecule has 2 aromatic rings. The van der Waals surface area contributed by atoms with Crippen molar-refractivity contribution in [2.24, 2.45) is 5.73 Å². The Hall–Kier alpha value is -3.85. The molecule has 0 saturated heterocycles. The normalized spacial score (nSPS) is 15.8. The van der Waals surface area contributed by atoms with E-state index in [-0.39, 0.29) is 46.7 Å². The van der Waals surface area contributed by atoms with Crippen molar-refractivity contribution < 1.29 is 23.7 Å². The number of benzene rings is 1. The van der Waals surface area contributed by atoms with Crippen LogP contribution in [0.25, 0.3) is 11.0 Å². The average Bonchev–Trinajstić information content (AvgIpc) is 3.25. The highest BCUT2D eigenvalue weighted by atomic mass is 32.2. The summed E-state index contributed by atoms with van der Waals surface area (Å²) >= 11 is 0.950. The Kier molecular flexibility index (Phi) is 7.11. The summed E-state index contributed by atoms with van der Waals surface area (Å²) in [5, 5.41) is 27.7. The van der Waals surface area contributed by atoms with Gasteiger partial charge >= 0.3 is 11.9 Å². The zero-order chi connectivity index (χ0) is 23.3. The van der Waals surface area contributed by atoms with Crippen LogP contribution in [0.5, 0.6) is 0 Å². The fourth-order valence-electron chi connectivity index (χ4n) is 3.35. The topological polar surface area (TPSA) is 177 Å². The second-order valence-electron chi connectivity index (χ2n) is 6.42. The molecule has 0 fully saturated rings. The first-order chi connectivity index (χ1) is 15.4. The Morgan fingerprint density at radius 1 is 1.25 bits per heavy atom. The first kappa shape index (κ1) is 22.8. The van der Waals surface area contributed by atoms with Crippen molar-refractivity contribution in [2.45, 2.75) is 19.8 Å². The summed E-state index contributed by atoms with van der Waals surface area (Å²) in [6.45, 7) is 3.43. The van der Waals surface area contributed by atoms with E-state index in [0.717, 1.165) is 11.8 Å². The van der Waals surface area contributed by atoms with Crippen molar-refractivity contribution in [1.82, 2.24) is 15.6 Å². The van der Waals surface area contributed by atoms with Crippen LogP contribution < -0.4 is 11.1 Å². The largest absolute Gasteiger partial charge is 0.463 e. The molecule has 0 amide bonds. The average molecular weight is 456 g/mol. The molecule has 3 rings (SSSR count). The number of rotatable bonds is 7. The van der Waals surface area contributed by atoms with E-state index < -0.39 is 17.9 Å². The van der Waals surface area contributed by atoms with E-state index >= 15 is 0 Å². The van der Waals surface area contributed by atoms with Gasteiger partial charge in [0.2, 0.25) is 0 Å². The Bertz CT molecular complexity index is 1180. The molecule has 1 aromatic carbocycles. The van der Waals surface area contributed by atoms with Gasteiger partial charge < -0.3 is 20.5 Å². The summed E-state index contributed by atoms with van der Waals surface area (Å²) < 4.78 is 15.3. The first-order valence-electron chi connectivity index (χ1n) is 9.59. The van der Waals surface area contributed by atoms with Crippen LogP contribution >= 0.6 is 11.8 Å². The minimum absolute atomic E-state index is 0.0638. The van der Waals surface area contributed by atoms with Crippen molar-refractivity contribution in [1.29, 1.82) is 10.7 Å². The van der Waals surface area contributed by atoms with E-state index in [9.17, 15) is 14.9 Å². The number of esters is 2. The van der Waals surface area contributed by atoms with E-state index in [0.29, 0.717) is 16.6 Å². The van der Waals surface area contributed by atoms with Crippen LogP contribution in [0.2, 0.25) is 0 Å². The van der Waals surface area contributed by atoms with Crippen LogP contribution in [-0.4, -0.2) is 46.4 Å². The Balaban J connectivity index is 2.32. The molecule has 166 valence electrons. The minimum atomic E-state index is -1.05. The van der Waals surface area contributed by atoms with Gasteiger partial charge in [0.05, 0.1) is 30.3 Å². The predicted octanol–water partition coefficient (Wildman–Crippen LogP) is 1.69. The molecule has 0 spiro atoms. The van der Waals surface area contributed by atoms with Gasteiger partial charge in [-0.1, -0.05) is 23.9 Å². The van der Waals surface area contributed by atoms with E-state index in [2.05, 4.69) is 15.6 Å². The summed E-state index contributed by atoms with van der Waals surface area (Å²) in [7, 11) is 0. The number of fused-ring (bicyclic) bond motifs is 1. The molecule has 0 aliphatic carbocycles. The summed E-state index contributed by atoms with van der Waals surface area (Å²) in [6, 6.07) is 6.96. The van der Waals surface area contributed by atoms with E-state index in [1.165, 1.54) is 0 Å². The van der Waals surface area contributed by atoms with Gasteiger partial charge in [-0.2, -0.15) is 5.26 Å². The molecule has 12 heteroatoms. The number of thioether (sulfide) groups is 1. The maximum atomic E-state index is 13.1. The molecular weight excluding hydrogens is 436 g/mol. The highest BCUT2D eigenvalue weighted by Crippen LogP contribution is 2.41. The van der Waals surface area contributed by atoms with E-state index in [4.69, 9.17) is 25.2 Å². The lowest BCUT2D eigenvalue weighted by Crippen LogP contribution is -2.35. The number of ether oxygens (including phenoxy) is 2. The van der Waals surface area contributed by atoms with Crippen LogP contribution in [0, 0.1) is 16.7 Å². The van der Waals surface area contributed by atoms with E-state index in [1.807, 2.05) is 6.07 Å². The number of carbonyl (C=O) groups excluding carboxylic acids is 2. The molecule has 1 aromatic heterocycles. The van der Waals surface area contributed by atoms with Crippen molar-refractivity contribution >= 4 is 39.9 Å². The smallest absolute Gasteiger partial charge is 0.337 e. The summed E-state index contributed by atoms with van der Waals surface area (Å²) in [4.78, 5) is 26.1. The molecule has 2 heterocycles. The molecule has 11 nitrogen and oxygen atoms in total. The molecule has 32 heavy (non-hydrogen) atoms. The minimum Gasteiger partial charge on any atom is -0.463 e. The summed E-state index contributed by atoms with van der Waals surface area (Å²) in [6.07, 6.45) is 0. The number of amidine groups is 1. The van der Waals surface area contributed by atoms with Crippen LogP contribution in [0.3, 0.4) is 0 Å². The van der Waals surface area contributed by atoms with Gasteiger partial charge in [0.15, 0.2) is 5.17 Å². The van der Waals surface area contributed by atoms with Gasteiger partial charge in [-0.15, -0.1) is 0 Å². The van der Waals surface area contributed by atoms with Gasteiger partial charge in [-0.05, 0) is 35.8 Å². The van der Waals surface area contributed by atoms with E-state index in [1.54, 1.807) is 32.0 Å². The van der Waals surface area contributed by atoms with Crippen molar-refractivity contribution in [2.75, 3.05) is 19.0 Å². The monoisotopic (exact) mass is 456 g/mol. The first-order valence-corrected chi connectivity index (χ1v) is 10.6. The lowest BCUT2D eigenvalue weighted by molar-refractivity contribution is -0.139. The third-order valence-corrected chi connectivity index (χ3v) is 5.29. The van der Waals surface area contributed by atoms with Gasteiger partial charge in [0, 0.05) is 11.4 Å². The number of nitrogens with one attached hydrogen (secondary N) is 2. The zero-order valence-electron chi connectivity index (χ0n) is 17.3. The van der Waals surface area contributed by atoms with Crippen LogP contribution in [-0.2, 0) is 19.1 Å². The number of hydrogen-bond acceptors (Lipinski definition) is 11. The van der Waals surface area contributed by atoms with Crippen molar-refractivity contribution in [3.8, 4) is 6.07 Å². The lowest BCUT2D eigenvalue weighted by atomic mass is 9.79. The molecule has 1 aliphatic heterocycles. The zero-order valence-corrected chi connectivity index (χ0v) is 18.1. The number of dihydropyridines is 1. The summed E-state index contributed by atoms with van der Waals surface area (Å²) in [5.41, 5.74) is 6.83.